The van der Waals surface area contributed by atoms with Crippen molar-refractivity contribution in [2.75, 3.05) is 13.7 Å². The summed E-state index contributed by atoms with van der Waals surface area (Å²) in [5, 5.41) is 9.28. The highest BCUT2D eigenvalue weighted by Gasteiger charge is 2.49. The summed E-state index contributed by atoms with van der Waals surface area (Å²) in [5.41, 5.74) is -2.88. The van der Waals surface area contributed by atoms with Crippen molar-refractivity contribution < 1.29 is 32.1 Å². The van der Waals surface area contributed by atoms with Crippen molar-refractivity contribution in [2.24, 2.45) is 0 Å². The van der Waals surface area contributed by atoms with E-state index in [0.717, 1.165) is 0 Å². The third kappa shape index (κ3) is 5.17. The predicted octanol–water partition coefficient (Wildman–Crippen LogP) is 3.42. The molecule has 21 heavy (non-hydrogen) atoms. The Morgan fingerprint density at radius 1 is 1.38 bits per heavy atom. The van der Waals surface area contributed by atoms with Gasteiger partial charge < -0.3 is 14.6 Å². The van der Waals surface area contributed by atoms with E-state index in [0.29, 0.717) is 13.3 Å². The summed E-state index contributed by atoms with van der Waals surface area (Å²) in [5.74, 6) is -0.864. The van der Waals surface area contributed by atoms with Crippen molar-refractivity contribution in [3.63, 3.8) is 0 Å². The second-order valence-electron chi connectivity index (χ2n) is 4.82. The molecule has 3 nitrogen and oxygen atoms in total. The van der Waals surface area contributed by atoms with Crippen molar-refractivity contribution in [3.8, 4) is 0 Å². The summed E-state index contributed by atoms with van der Waals surface area (Å²) in [6.45, 7) is 0.176. The fraction of sp³-hybridized carbons (Fsp3) is 0.571. The average Bonchev–Trinajstić information content (AvgIpc) is 2.36. The largest absolute Gasteiger partial charge is 0.491 e. The Morgan fingerprint density at radius 2 is 2.05 bits per heavy atom. The van der Waals surface area contributed by atoms with E-state index in [4.69, 9.17) is 9.47 Å². The SMILES string of the molecule is COC1C=C(OCCC(C)(O)C(F)(F)F)C(F)=CC/C=C\1. The monoisotopic (exact) mass is 310 g/mol. The van der Waals surface area contributed by atoms with Crippen LogP contribution in [0.15, 0.2) is 35.9 Å². The van der Waals surface area contributed by atoms with Gasteiger partial charge in [0.15, 0.2) is 17.2 Å². The van der Waals surface area contributed by atoms with E-state index >= 15 is 0 Å². The highest BCUT2D eigenvalue weighted by Crippen LogP contribution is 2.33. The van der Waals surface area contributed by atoms with E-state index < -0.39 is 36.7 Å². The number of halogens is 4. The number of aliphatic hydroxyl groups is 1. The van der Waals surface area contributed by atoms with E-state index in [9.17, 15) is 22.7 Å². The fourth-order valence-corrected chi connectivity index (χ4v) is 1.53. The molecule has 1 aliphatic carbocycles. The van der Waals surface area contributed by atoms with E-state index in [1.807, 2.05) is 0 Å². The Balaban J connectivity index is 2.70. The Morgan fingerprint density at radius 3 is 2.62 bits per heavy atom. The van der Waals surface area contributed by atoms with Gasteiger partial charge in [-0.3, -0.25) is 0 Å². The topological polar surface area (TPSA) is 38.7 Å². The molecule has 120 valence electrons. The molecule has 2 unspecified atom stereocenters. The van der Waals surface area contributed by atoms with Gasteiger partial charge in [0.25, 0.3) is 0 Å². The lowest BCUT2D eigenvalue weighted by Gasteiger charge is -2.26. The van der Waals surface area contributed by atoms with Gasteiger partial charge in [-0.1, -0.05) is 12.2 Å². The number of rotatable bonds is 5. The first-order valence-electron chi connectivity index (χ1n) is 6.36. The molecule has 1 aliphatic rings. The summed E-state index contributed by atoms with van der Waals surface area (Å²) in [6.07, 6.45) is 0.287. The molecule has 0 saturated carbocycles. The average molecular weight is 310 g/mol. The smallest absolute Gasteiger partial charge is 0.417 e. The number of methoxy groups -OCH3 is 1. The predicted molar refractivity (Wildman–Crippen MR) is 69.1 cm³/mol. The van der Waals surface area contributed by atoms with Gasteiger partial charge in [0.2, 0.25) is 0 Å². The molecule has 1 rings (SSSR count). The lowest BCUT2D eigenvalue weighted by atomic mass is 10.0. The van der Waals surface area contributed by atoms with Gasteiger partial charge in [-0.2, -0.15) is 13.2 Å². The molecule has 0 spiro atoms. The first kappa shape index (κ1) is 17.7. The van der Waals surface area contributed by atoms with Crippen LogP contribution in [0.4, 0.5) is 17.6 Å². The Labute approximate surface area is 120 Å². The van der Waals surface area contributed by atoms with E-state index in [2.05, 4.69) is 0 Å². The molecular formula is C14H18F4O3. The minimum atomic E-state index is -4.77. The van der Waals surface area contributed by atoms with Crippen molar-refractivity contribution >= 4 is 0 Å². The molecule has 0 saturated heterocycles. The number of allylic oxidation sites excluding steroid dienone is 3. The number of hydrogen-bond acceptors (Lipinski definition) is 3. The molecule has 0 aliphatic heterocycles. The molecule has 0 bridgehead atoms. The maximum absolute atomic E-state index is 13.7. The molecular weight excluding hydrogens is 292 g/mol. The quantitative estimate of drug-likeness (QED) is 0.625. The van der Waals surface area contributed by atoms with Crippen molar-refractivity contribution in [2.45, 2.75) is 37.6 Å². The Kier molecular flexibility index (Phi) is 5.98. The van der Waals surface area contributed by atoms with Crippen LogP contribution in [0, 0.1) is 0 Å². The van der Waals surface area contributed by atoms with Gasteiger partial charge in [0, 0.05) is 13.5 Å². The Bertz CT molecular complexity index is 436. The molecule has 0 heterocycles. The summed E-state index contributed by atoms with van der Waals surface area (Å²) >= 11 is 0. The zero-order chi connectivity index (χ0) is 16.1. The van der Waals surface area contributed by atoms with Crippen LogP contribution in [-0.4, -0.2) is 36.7 Å². The van der Waals surface area contributed by atoms with E-state index in [-0.39, 0.29) is 5.76 Å². The van der Waals surface area contributed by atoms with E-state index in [1.54, 1.807) is 12.2 Å². The molecule has 0 radical (unpaired) electrons. The van der Waals surface area contributed by atoms with Crippen molar-refractivity contribution in [1.82, 2.24) is 0 Å². The van der Waals surface area contributed by atoms with Crippen LogP contribution in [0.2, 0.25) is 0 Å². The summed E-state index contributed by atoms with van der Waals surface area (Å²) in [4.78, 5) is 0. The maximum atomic E-state index is 13.7. The highest BCUT2D eigenvalue weighted by molar-refractivity contribution is 5.25. The minimum Gasteiger partial charge on any atom is -0.491 e. The zero-order valence-corrected chi connectivity index (χ0v) is 11.8. The van der Waals surface area contributed by atoms with Crippen LogP contribution < -0.4 is 0 Å². The molecule has 0 amide bonds. The van der Waals surface area contributed by atoms with Crippen LogP contribution in [0.1, 0.15) is 19.8 Å². The molecule has 0 fully saturated rings. The van der Waals surface area contributed by atoms with Gasteiger partial charge >= 0.3 is 6.18 Å². The van der Waals surface area contributed by atoms with Crippen LogP contribution in [0.5, 0.6) is 0 Å². The van der Waals surface area contributed by atoms with Gasteiger partial charge in [-0.25, -0.2) is 4.39 Å². The van der Waals surface area contributed by atoms with Crippen LogP contribution >= 0.6 is 0 Å². The second-order valence-corrected chi connectivity index (χ2v) is 4.82. The first-order valence-corrected chi connectivity index (χ1v) is 6.36. The molecule has 0 aromatic rings. The van der Waals surface area contributed by atoms with Gasteiger partial charge in [0.1, 0.15) is 0 Å². The van der Waals surface area contributed by atoms with Crippen LogP contribution in [0.25, 0.3) is 0 Å². The van der Waals surface area contributed by atoms with Gasteiger partial charge in [-0.05, 0) is 25.5 Å². The third-order valence-electron chi connectivity index (χ3n) is 3.04. The first-order chi connectivity index (χ1) is 9.67. The highest BCUT2D eigenvalue weighted by atomic mass is 19.4. The molecule has 2 atom stereocenters. The maximum Gasteiger partial charge on any atom is 0.417 e. The second kappa shape index (κ2) is 7.09. The summed E-state index contributed by atoms with van der Waals surface area (Å²) < 4.78 is 61.3. The lowest BCUT2D eigenvalue weighted by Crippen LogP contribution is -2.42. The molecule has 1 N–H and O–H groups in total. The number of ether oxygens (including phenoxy) is 2. The standard InChI is InChI=1S/C14H18F4O3/c1-13(19,14(16,17)18)7-8-21-12-9-10(20-2)5-3-4-6-11(12)15/h3,5-6,9-10,19H,4,7-8H2,1-2H3/b5-3-,11-6?,12-9?. The summed E-state index contributed by atoms with van der Waals surface area (Å²) in [7, 11) is 1.42. The number of alkyl halides is 3. The normalized spacial score (nSPS) is 24.2. The minimum absolute atomic E-state index is 0.191. The summed E-state index contributed by atoms with van der Waals surface area (Å²) in [6, 6.07) is 0. The number of hydrogen-bond donors (Lipinski definition) is 1. The zero-order valence-electron chi connectivity index (χ0n) is 11.8. The third-order valence-corrected chi connectivity index (χ3v) is 3.04. The molecule has 0 aromatic carbocycles. The van der Waals surface area contributed by atoms with Crippen molar-refractivity contribution in [3.05, 3.63) is 35.9 Å². The molecule has 7 heteroatoms. The molecule has 0 aromatic heterocycles. The fourth-order valence-electron chi connectivity index (χ4n) is 1.53. The van der Waals surface area contributed by atoms with Crippen LogP contribution in [-0.2, 0) is 9.47 Å². The van der Waals surface area contributed by atoms with Gasteiger partial charge in [-0.15, -0.1) is 0 Å². The Hall–Kier alpha value is -1.34. The van der Waals surface area contributed by atoms with Crippen LogP contribution in [0.3, 0.4) is 0 Å². The van der Waals surface area contributed by atoms with Gasteiger partial charge in [0.05, 0.1) is 12.7 Å². The van der Waals surface area contributed by atoms with E-state index in [1.165, 1.54) is 19.3 Å². The lowest BCUT2D eigenvalue weighted by molar-refractivity contribution is -0.257. The van der Waals surface area contributed by atoms with Crippen molar-refractivity contribution in [1.29, 1.82) is 0 Å².